The van der Waals surface area contributed by atoms with Crippen molar-refractivity contribution in [3.63, 3.8) is 0 Å². The molecule has 0 saturated heterocycles. The Morgan fingerprint density at radius 3 is 2.74 bits per heavy atom. The van der Waals surface area contributed by atoms with Crippen molar-refractivity contribution in [2.75, 3.05) is 13.7 Å². The summed E-state index contributed by atoms with van der Waals surface area (Å²) in [7, 11) is 1.70. The summed E-state index contributed by atoms with van der Waals surface area (Å²) in [4.78, 5) is 0. The lowest BCUT2D eigenvalue weighted by molar-refractivity contribution is 0.0591. The third-order valence-corrected chi connectivity index (χ3v) is 3.30. The molecule has 0 fully saturated rings. The van der Waals surface area contributed by atoms with E-state index in [1.54, 1.807) is 13.2 Å². The number of fused-ring (bicyclic) bond motifs is 1. The van der Waals surface area contributed by atoms with Gasteiger partial charge in [0.15, 0.2) is 0 Å². The van der Waals surface area contributed by atoms with Crippen LogP contribution in [0, 0.1) is 5.82 Å². The fourth-order valence-electron chi connectivity index (χ4n) is 2.36. The van der Waals surface area contributed by atoms with Gasteiger partial charge in [-0.3, -0.25) is 0 Å². The molecule has 0 aliphatic carbocycles. The number of hydrogen-bond donors (Lipinski definition) is 1. The minimum atomic E-state index is -0.251. The number of benzene rings is 1. The molecule has 1 heterocycles. The predicted molar refractivity (Wildman–Crippen MR) is 73.7 cm³/mol. The van der Waals surface area contributed by atoms with Gasteiger partial charge in [-0.25, -0.2) is 4.39 Å². The number of furan rings is 1. The Hall–Kier alpha value is -1.39. The SMILES string of the molecule is CCNC(c1cc2cc(F)ccc2o1)C(CC)OC. The van der Waals surface area contributed by atoms with E-state index in [1.807, 2.05) is 13.0 Å². The van der Waals surface area contributed by atoms with Gasteiger partial charge in [0, 0.05) is 12.5 Å². The van der Waals surface area contributed by atoms with Crippen LogP contribution in [-0.4, -0.2) is 19.8 Å². The van der Waals surface area contributed by atoms with Crippen LogP contribution in [-0.2, 0) is 4.74 Å². The van der Waals surface area contributed by atoms with Gasteiger partial charge in [0.1, 0.15) is 17.2 Å². The third-order valence-electron chi connectivity index (χ3n) is 3.30. The monoisotopic (exact) mass is 265 g/mol. The smallest absolute Gasteiger partial charge is 0.134 e. The van der Waals surface area contributed by atoms with E-state index in [0.717, 1.165) is 24.1 Å². The minimum absolute atomic E-state index is 0.0181. The zero-order valence-electron chi connectivity index (χ0n) is 11.6. The predicted octanol–water partition coefficient (Wildman–Crippen LogP) is 3.65. The van der Waals surface area contributed by atoms with E-state index in [4.69, 9.17) is 9.15 Å². The molecule has 0 radical (unpaired) electrons. The number of methoxy groups -OCH3 is 1. The van der Waals surface area contributed by atoms with Crippen LogP contribution < -0.4 is 5.32 Å². The molecule has 0 bridgehead atoms. The molecule has 1 aromatic carbocycles. The molecule has 0 spiro atoms. The van der Waals surface area contributed by atoms with E-state index in [2.05, 4.69) is 12.2 Å². The second-order valence-electron chi connectivity index (χ2n) is 4.55. The van der Waals surface area contributed by atoms with E-state index in [1.165, 1.54) is 12.1 Å². The Bertz CT molecular complexity index is 534. The minimum Gasteiger partial charge on any atom is -0.459 e. The van der Waals surface area contributed by atoms with E-state index in [0.29, 0.717) is 5.58 Å². The summed E-state index contributed by atoms with van der Waals surface area (Å²) in [5, 5.41) is 4.15. The molecule has 2 unspecified atom stereocenters. The summed E-state index contributed by atoms with van der Waals surface area (Å²) in [6, 6.07) is 6.42. The van der Waals surface area contributed by atoms with Gasteiger partial charge in [0.05, 0.1) is 12.1 Å². The van der Waals surface area contributed by atoms with Gasteiger partial charge in [-0.15, -0.1) is 0 Å². The molecule has 1 N–H and O–H groups in total. The van der Waals surface area contributed by atoms with Crippen LogP contribution in [0.5, 0.6) is 0 Å². The molecule has 104 valence electrons. The van der Waals surface area contributed by atoms with E-state index < -0.39 is 0 Å². The first-order chi connectivity index (χ1) is 9.19. The summed E-state index contributed by atoms with van der Waals surface area (Å²) >= 11 is 0. The first-order valence-corrected chi connectivity index (χ1v) is 6.64. The van der Waals surface area contributed by atoms with Crippen molar-refractivity contribution < 1.29 is 13.5 Å². The second kappa shape index (κ2) is 6.17. The highest BCUT2D eigenvalue weighted by Gasteiger charge is 2.24. The number of nitrogens with one attached hydrogen (secondary N) is 1. The highest BCUT2D eigenvalue weighted by molar-refractivity contribution is 5.78. The van der Waals surface area contributed by atoms with Gasteiger partial charge in [-0.2, -0.15) is 0 Å². The number of rotatable bonds is 6. The maximum absolute atomic E-state index is 13.2. The lowest BCUT2D eigenvalue weighted by Gasteiger charge is -2.23. The third kappa shape index (κ3) is 2.96. The Morgan fingerprint density at radius 2 is 2.11 bits per heavy atom. The van der Waals surface area contributed by atoms with Gasteiger partial charge >= 0.3 is 0 Å². The highest BCUT2D eigenvalue weighted by atomic mass is 19.1. The van der Waals surface area contributed by atoms with Crippen molar-refractivity contribution in [2.45, 2.75) is 32.4 Å². The highest BCUT2D eigenvalue weighted by Crippen LogP contribution is 2.28. The molecular formula is C15H20FNO2. The standard InChI is InChI=1S/C15H20FNO2/c1-4-12(18-3)15(17-5-2)14-9-10-8-11(16)6-7-13(10)19-14/h6-9,12,15,17H,4-5H2,1-3H3. The lowest BCUT2D eigenvalue weighted by atomic mass is 10.1. The van der Waals surface area contributed by atoms with Gasteiger partial charge in [-0.1, -0.05) is 13.8 Å². The van der Waals surface area contributed by atoms with Gasteiger partial charge in [0.2, 0.25) is 0 Å². The average molecular weight is 265 g/mol. The maximum atomic E-state index is 13.2. The van der Waals surface area contributed by atoms with Crippen LogP contribution in [0.15, 0.2) is 28.7 Å². The fraction of sp³-hybridized carbons (Fsp3) is 0.467. The van der Waals surface area contributed by atoms with Gasteiger partial charge in [-0.05, 0) is 37.2 Å². The number of hydrogen-bond acceptors (Lipinski definition) is 3. The molecular weight excluding hydrogens is 245 g/mol. The van der Waals surface area contributed by atoms with Gasteiger partial charge < -0.3 is 14.5 Å². The first-order valence-electron chi connectivity index (χ1n) is 6.64. The molecule has 0 saturated carbocycles. The molecule has 19 heavy (non-hydrogen) atoms. The summed E-state index contributed by atoms with van der Waals surface area (Å²) in [5.74, 6) is 0.537. The van der Waals surface area contributed by atoms with Crippen molar-refractivity contribution in [1.29, 1.82) is 0 Å². The van der Waals surface area contributed by atoms with Crippen LogP contribution in [0.4, 0.5) is 4.39 Å². The molecule has 2 rings (SSSR count). The number of ether oxygens (including phenoxy) is 1. The van der Waals surface area contributed by atoms with E-state index >= 15 is 0 Å². The largest absolute Gasteiger partial charge is 0.459 e. The van der Waals surface area contributed by atoms with Crippen molar-refractivity contribution >= 4 is 11.0 Å². The Balaban J connectivity index is 2.38. The van der Waals surface area contributed by atoms with E-state index in [-0.39, 0.29) is 18.0 Å². The van der Waals surface area contributed by atoms with E-state index in [9.17, 15) is 4.39 Å². The van der Waals surface area contributed by atoms with Gasteiger partial charge in [0.25, 0.3) is 0 Å². The average Bonchev–Trinajstić information content (AvgIpc) is 2.81. The Kier molecular flexibility index (Phi) is 4.56. The van der Waals surface area contributed by atoms with Crippen LogP contribution in [0.2, 0.25) is 0 Å². The van der Waals surface area contributed by atoms with Crippen LogP contribution in [0.1, 0.15) is 32.1 Å². The van der Waals surface area contributed by atoms with Crippen LogP contribution in [0.25, 0.3) is 11.0 Å². The van der Waals surface area contributed by atoms with Crippen molar-refractivity contribution in [2.24, 2.45) is 0 Å². The summed E-state index contributed by atoms with van der Waals surface area (Å²) < 4.78 is 24.5. The topological polar surface area (TPSA) is 34.4 Å². The quantitative estimate of drug-likeness (QED) is 0.865. The number of halogens is 1. The second-order valence-corrected chi connectivity index (χ2v) is 4.55. The normalized spacial score (nSPS) is 14.7. The van der Waals surface area contributed by atoms with Crippen molar-refractivity contribution in [3.05, 3.63) is 35.8 Å². The van der Waals surface area contributed by atoms with Crippen molar-refractivity contribution in [1.82, 2.24) is 5.32 Å². The van der Waals surface area contributed by atoms with Crippen LogP contribution in [0.3, 0.4) is 0 Å². The molecule has 2 atom stereocenters. The molecule has 4 heteroatoms. The summed E-state index contributed by atoms with van der Waals surface area (Å²) in [6.07, 6.45) is 0.907. The summed E-state index contributed by atoms with van der Waals surface area (Å²) in [5.41, 5.74) is 0.699. The molecule has 0 aliphatic heterocycles. The molecule has 0 amide bonds. The zero-order chi connectivity index (χ0) is 13.8. The maximum Gasteiger partial charge on any atom is 0.134 e. The van der Waals surface area contributed by atoms with Crippen LogP contribution >= 0.6 is 0 Å². The molecule has 2 aromatic rings. The molecule has 0 aliphatic rings. The zero-order valence-corrected chi connectivity index (χ0v) is 11.6. The first kappa shape index (κ1) is 14.0. The van der Waals surface area contributed by atoms with Crippen molar-refractivity contribution in [3.8, 4) is 0 Å². The Morgan fingerprint density at radius 1 is 1.32 bits per heavy atom. The molecule has 3 nitrogen and oxygen atoms in total. The fourth-order valence-corrected chi connectivity index (χ4v) is 2.36. The lowest BCUT2D eigenvalue weighted by Crippen LogP contribution is -2.32. The summed E-state index contributed by atoms with van der Waals surface area (Å²) in [6.45, 7) is 4.93. The number of likely N-dealkylation sites (N-methyl/N-ethyl adjacent to an activating group) is 1. The Labute approximate surface area is 112 Å². The molecule has 1 aromatic heterocycles.